The van der Waals surface area contributed by atoms with E-state index in [1.807, 2.05) is 6.07 Å². The van der Waals surface area contributed by atoms with Gasteiger partial charge in [-0.25, -0.2) is 0 Å². The molecule has 21 heavy (non-hydrogen) atoms. The molecule has 4 heteroatoms. The number of hydrogen-bond donors (Lipinski definition) is 0. The minimum absolute atomic E-state index is 0.0934. The van der Waals surface area contributed by atoms with Crippen LogP contribution < -0.4 is 4.74 Å². The molecule has 0 amide bonds. The van der Waals surface area contributed by atoms with Crippen molar-refractivity contribution in [2.45, 2.75) is 12.3 Å². The average Bonchev–Trinajstić information content (AvgIpc) is 2.53. The topological polar surface area (TPSA) is 50.1 Å². The van der Waals surface area contributed by atoms with Crippen molar-refractivity contribution in [2.24, 2.45) is 0 Å². The number of carbonyl (C=O) groups excluding carboxylic acids is 1. The molecule has 0 fully saturated rings. The van der Waals surface area contributed by atoms with Gasteiger partial charge in [0.25, 0.3) is 0 Å². The van der Waals surface area contributed by atoms with Crippen molar-refractivity contribution in [1.29, 1.82) is 5.26 Å². The van der Waals surface area contributed by atoms with E-state index in [4.69, 9.17) is 16.3 Å². The van der Waals surface area contributed by atoms with E-state index in [9.17, 15) is 10.1 Å². The zero-order chi connectivity index (χ0) is 15.2. The average molecular weight is 300 g/mol. The fraction of sp³-hybridized carbons (Fsp3) is 0.176. The Morgan fingerprint density at radius 1 is 1.24 bits per heavy atom. The van der Waals surface area contributed by atoms with Crippen molar-refractivity contribution in [1.82, 2.24) is 0 Å². The summed E-state index contributed by atoms with van der Waals surface area (Å²) in [7, 11) is 1.57. The zero-order valence-corrected chi connectivity index (χ0v) is 12.3. The Balaban J connectivity index is 2.17. The molecule has 2 aromatic carbocycles. The van der Waals surface area contributed by atoms with Crippen LogP contribution in [0.2, 0.25) is 5.02 Å². The first-order valence-electron chi connectivity index (χ1n) is 6.47. The molecule has 0 aliphatic carbocycles. The molecule has 0 aliphatic heterocycles. The molecule has 0 N–H and O–H groups in total. The Kier molecular flexibility index (Phi) is 4.97. The molecule has 1 atom stereocenters. The third-order valence-electron chi connectivity index (χ3n) is 3.24. The van der Waals surface area contributed by atoms with Crippen LogP contribution in [0, 0.1) is 11.3 Å². The lowest BCUT2D eigenvalue weighted by molar-refractivity contribution is 0.0979. The molecule has 0 radical (unpaired) electrons. The van der Waals surface area contributed by atoms with Crippen LogP contribution in [0.25, 0.3) is 0 Å². The molecule has 0 bridgehead atoms. The predicted octanol–water partition coefficient (Wildman–Crippen LogP) is 4.23. The first kappa shape index (κ1) is 15.1. The van der Waals surface area contributed by atoms with E-state index in [0.29, 0.717) is 21.9 Å². The summed E-state index contributed by atoms with van der Waals surface area (Å²) >= 11 is 6.09. The van der Waals surface area contributed by atoms with E-state index in [-0.39, 0.29) is 12.2 Å². The van der Waals surface area contributed by atoms with Crippen LogP contribution in [-0.4, -0.2) is 12.9 Å². The third-order valence-corrected chi connectivity index (χ3v) is 3.58. The lowest BCUT2D eigenvalue weighted by Gasteiger charge is -2.10. The van der Waals surface area contributed by atoms with Crippen molar-refractivity contribution in [3.63, 3.8) is 0 Å². The first-order valence-corrected chi connectivity index (χ1v) is 6.84. The summed E-state index contributed by atoms with van der Waals surface area (Å²) in [6, 6.07) is 16.1. The molecule has 0 aromatic heterocycles. The van der Waals surface area contributed by atoms with Gasteiger partial charge in [-0.15, -0.1) is 0 Å². The SMILES string of the molecule is COc1ccc(C(=O)C[C@@H](C#N)c2ccccc2Cl)cc1. The summed E-state index contributed by atoms with van der Waals surface area (Å²) in [5.74, 6) is 0.0481. The molecule has 0 unspecified atom stereocenters. The van der Waals surface area contributed by atoms with Gasteiger partial charge in [0.15, 0.2) is 5.78 Å². The van der Waals surface area contributed by atoms with Gasteiger partial charge in [-0.1, -0.05) is 29.8 Å². The largest absolute Gasteiger partial charge is 0.497 e. The van der Waals surface area contributed by atoms with Crippen LogP contribution in [-0.2, 0) is 0 Å². The van der Waals surface area contributed by atoms with Gasteiger partial charge in [0.1, 0.15) is 5.75 Å². The molecule has 0 heterocycles. The van der Waals surface area contributed by atoms with Crippen LogP contribution in [0.3, 0.4) is 0 Å². The van der Waals surface area contributed by atoms with Gasteiger partial charge >= 0.3 is 0 Å². The molecule has 106 valence electrons. The van der Waals surface area contributed by atoms with E-state index in [2.05, 4.69) is 6.07 Å². The van der Waals surface area contributed by atoms with Gasteiger partial charge < -0.3 is 4.74 Å². The molecule has 0 saturated heterocycles. The monoisotopic (exact) mass is 299 g/mol. The van der Waals surface area contributed by atoms with Crippen molar-refractivity contribution < 1.29 is 9.53 Å². The molecular weight excluding hydrogens is 286 g/mol. The van der Waals surface area contributed by atoms with E-state index >= 15 is 0 Å². The molecule has 0 saturated carbocycles. The number of nitriles is 1. The number of halogens is 1. The summed E-state index contributed by atoms with van der Waals surface area (Å²) in [5.41, 5.74) is 1.24. The van der Waals surface area contributed by atoms with Crippen LogP contribution in [0.15, 0.2) is 48.5 Å². The number of nitrogens with zero attached hydrogens (tertiary/aromatic N) is 1. The van der Waals surface area contributed by atoms with Crippen LogP contribution in [0.1, 0.15) is 28.3 Å². The van der Waals surface area contributed by atoms with E-state index in [0.717, 1.165) is 0 Å². The summed E-state index contributed by atoms with van der Waals surface area (Å²) in [6.07, 6.45) is 0.104. The zero-order valence-electron chi connectivity index (χ0n) is 11.5. The minimum atomic E-state index is -0.548. The summed E-state index contributed by atoms with van der Waals surface area (Å²) in [6.45, 7) is 0. The van der Waals surface area contributed by atoms with Crippen molar-refractivity contribution in [2.75, 3.05) is 7.11 Å². The van der Waals surface area contributed by atoms with Gasteiger partial charge in [0, 0.05) is 17.0 Å². The summed E-state index contributed by atoms with van der Waals surface area (Å²) in [4.78, 5) is 12.3. The number of benzene rings is 2. The van der Waals surface area contributed by atoms with Gasteiger partial charge in [-0.05, 0) is 35.9 Å². The maximum absolute atomic E-state index is 12.3. The Bertz CT molecular complexity index is 674. The number of ether oxygens (including phenoxy) is 1. The molecular formula is C17H14ClNO2. The van der Waals surface area contributed by atoms with Crippen LogP contribution in [0.5, 0.6) is 5.75 Å². The van der Waals surface area contributed by atoms with E-state index in [1.165, 1.54) is 0 Å². The second-order valence-corrected chi connectivity index (χ2v) is 4.97. The molecule has 0 aliphatic rings. The highest BCUT2D eigenvalue weighted by molar-refractivity contribution is 6.31. The Labute approximate surface area is 128 Å². The number of hydrogen-bond acceptors (Lipinski definition) is 3. The quantitative estimate of drug-likeness (QED) is 0.776. The lowest BCUT2D eigenvalue weighted by atomic mass is 9.93. The molecule has 2 rings (SSSR count). The Morgan fingerprint density at radius 2 is 1.90 bits per heavy atom. The highest BCUT2D eigenvalue weighted by Crippen LogP contribution is 2.27. The summed E-state index contributed by atoms with van der Waals surface area (Å²) < 4.78 is 5.06. The third kappa shape index (κ3) is 3.62. The second-order valence-electron chi connectivity index (χ2n) is 4.56. The van der Waals surface area contributed by atoms with Crippen molar-refractivity contribution >= 4 is 17.4 Å². The van der Waals surface area contributed by atoms with Crippen LogP contribution >= 0.6 is 11.6 Å². The van der Waals surface area contributed by atoms with Gasteiger partial charge in [0.2, 0.25) is 0 Å². The molecule has 0 spiro atoms. The van der Waals surface area contributed by atoms with Gasteiger partial charge in [-0.3, -0.25) is 4.79 Å². The fourth-order valence-electron chi connectivity index (χ4n) is 2.06. The molecule has 2 aromatic rings. The highest BCUT2D eigenvalue weighted by atomic mass is 35.5. The Hall–Kier alpha value is -2.31. The van der Waals surface area contributed by atoms with Crippen molar-refractivity contribution in [3.8, 4) is 11.8 Å². The Morgan fingerprint density at radius 3 is 2.48 bits per heavy atom. The maximum Gasteiger partial charge on any atom is 0.164 e. The highest BCUT2D eigenvalue weighted by Gasteiger charge is 2.18. The first-order chi connectivity index (χ1) is 10.2. The van der Waals surface area contributed by atoms with Crippen molar-refractivity contribution in [3.05, 3.63) is 64.7 Å². The number of methoxy groups -OCH3 is 1. The number of carbonyl (C=O) groups is 1. The smallest absolute Gasteiger partial charge is 0.164 e. The predicted molar refractivity (Wildman–Crippen MR) is 81.7 cm³/mol. The number of Topliss-reactive ketones (excluding diaryl/α,β-unsaturated/α-hetero) is 1. The molecule has 3 nitrogen and oxygen atoms in total. The summed E-state index contributed by atoms with van der Waals surface area (Å²) in [5, 5.41) is 9.81. The minimum Gasteiger partial charge on any atom is -0.497 e. The van der Waals surface area contributed by atoms with E-state index < -0.39 is 5.92 Å². The number of ketones is 1. The van der Waals surface area contributed by atoms with E-state index in [1.54, 1.807) is 49.6 Å². The van der Waals surface area contributed by atoms with Gasteiger partial charge in [-0.2, -0.15) is 5.26 Å². The fourth-order valence-corrected chi connectivity index (χ4v) is 2.33. The lowest BCUT2D eigenvalue weighted by Crippen LogP contribution is -2.06. The normalized spacial score (nSPS) is 11.5. The standard InChI is InChI=1S/C17H14ClNO2/c1-21-14-8-6-12(7-9-14)17(20)10-13(11-19)15-4-2-3-5-16(15)18/h2-9,13H,10H2,1H3/t13-/m0/s1. The maximum atomic E-state index is 12.3. The number of rotatable bonds is 5. The van der Waals surface area contributed by atoms with Crippen LogP contribution in [0.4, 0.5) is 0 Å². The van der Waals surface area contributed by atoms with Gasteiger partial charge in [0.05, 0.1) is 19.1 Å². The second kappa shape index (κ2) is 6.92.